The van der Waals surface area contributed by atoms with Gasteiger partial charge in [0, 0.05) is 6.54 Å². The van der Waals surface area contributed by atoms with Gasteiger partial charge in [-0.2, -0.15) is 4.39 Å². The molecule has 1 aromatic carbocycles. The van der Waals surface area contributed by atoms with Crippen LogP contribution in [0.4, 0.5) is 14.5 Å². The topological polar surface area (TPSA) is 38.8 Å². The van der Waals surface area contributed by atoms with E-state index in [1.54, 1.807) is 4.90 Å². The summed E-state index contributed by atoms with van der Waals surface area (Å²) in [7, 11) is 2.58. The van der Waals surface area contributed by atoms with E-state index >= 15 is 0 Å². The van der Waals surface area contributed by atoms with Crippen LogP contribution in [0.2, 0.25) is 0 Å². The van der Waals surface area contributed by atoms with Gasteiger partial charge >= 0.3 is 5.97 Å². The van der Waals surface area contributed by atoms with Crippen LogP contribution in [0.3, 0.4) is 0 Å². The Hall–Kier alpha value is -1.85. The molecule has 0 aliphatic carbocycles. The van der Waals surface area contributed by atoms with Crippen LogP contribution in [0.1, 0.15) is 12.8 Å². The highest BCUT2D eigenvalue weighted by atomic mass is 19.2. The molecular weight excluding hydrogens is 256 g/mol. The second kappa shape index (κ2) is 5.42. The zero-order chi connectivity index (χ0) is 14.0. The number of nitrogens with zero attached hydrogens (tertiary/aromatic N) is 1. The lowest BCUT2D eigenvalue weighted by molar-refractivity contribution is -0.141. The summed E-state index contributed by atoms with van der Waals surface area (Å²) in [5.74, 6) is -2.59. The SMILES string of the molecule is COC(=O)C1CCCN1c1ccc(F)c(F)c1OC. The number of rotatable bonds is 3. The smallest absolute Gasteiger partial charge is 0.328 e. The number of hydrogen-bond acceptors (Lipinski definition) is 4. The van der Waals surface area contributed by atoms with Gasteiger partial charge in [-0.1, -0.05) is 0 Å². The Balaban J connectivity index is 2.41. The van der Waals surface area contributed by atoms with Crippen LogP contribution >= 0.6 is 0 Å². The van der Waals surface area contributed by atoms with E-state index in [2.05, 4.69) is 0 Å². The predicted molar refractivity (Wildman–Crippen MR) is 65.3 cm³/mol. The Kier molecular flexibility index (Phi) is 3.87. The lowest BCUT2D eigenvalue weighted by atomic mass is 10.2. The molecule has 1 atom stereocenters. The highest BCUT2D eigenvalue weighted by Gasteiger charge is 2.34. The Morgan fingerprint density at radius 1 is 1.37 bits per heavy atom. The molecule has 2 rings (SSSR count). The molecule has 1 heterocycles. The summed E-state index contributed by atoms with van der Waals surface area (Å²) in [5, 5.41) is 0. The van der Waals surface area contributed by atoms with Crippen molar-refractivity contribution in [1.82, 2.24) is 0 Å². The predicted octanol–water partition coefficient (Wildman–Crippen LogP) is 2.12. The lowest BCUT2D eigenvalue weighted by Crippen LogP contribution is -2.37. The number of benzene rings is 1. The Morgan fingerprint density at radius 3 is 2.74 bits per heavy atom. The highest BCUT2D eigenvalue weighted by molar-refractivity contribution is 5.81. The minimum atomic E-state index is -1.05. The van der Waals surface area contributed by atoms with E-state index in [1.807, 2.05) is 0 Å². The van der Waals surface area contributed by atoms with Crippen LogP contribution in [0.25, 0.3) is 0 Å². The van der Waals surface area contributed by atoms with Crippen LogP contribution in [0, 0.1) is 11.6 Å². The maximum Gasteiger partial charge on any atom is 0.328 e. The molecule has 0 aromatic heterocycles. The molecule has 6 heteroatoms. The molecule has 1 unspecified atom stereocenters. The van der Waals surface area contributed by atoms with Crippen LogP contribution in [-0.2, 0) is 9.53 Å². The summed E-state index contributed by atoms with van der Waals surface area (Å²) in [6.07, 6.45) is 1.40. The van der Waals surface area contributed by atoms with E-state index in [9.17, 15) is 13.6 Å². The number of carbonyl (C=O) groups is 1. The van der Waals surface area contributed by atoms with E-state index in [0.717, 1.165) is 12.5 Å². The number of hydrogen-bond donors (Lipinski definition) is 0. The minimum Gasteiger partial charge on any atom is -0.491 e. The van der Waals surface area contributed by atoms with Crippen molar-refractivity contribution in [3.63, 3.8) is 0 Å². The first-order chi connectivity index (χ1) is 9.10. The van der Waals surface area contributed by atoms with Crippen molar-refractivity contribution < 1.29 is 23.0 Å². The van der Waals surface area contributed by atoms with Crippen molar-refractivity contribution in [2.75, 3.05) is 25.7 Å². The van der Waals surface area contributed by atoms with Gasteiger partial charge in [0.05, 0.1) is 19.9 Å². The van der Waals surface area contributed by atoms with Crippen molar-refractivity contribution in [1.29, 1.82) is 0 Å². The second-order valence-corrected chi connectivity index (χ2v) is 4.29. The fourth-order valence-electron chi connectivity index (χ4n) is 2.38. The van der Waals surface area contributed by atoms with Crippen molar-refractivity contribution in [2.45, 2.75) is 18.9 Å². The normalized spacial score (nSPS) is 18.5. The third-order valence-electron chi connectivity index (χ3n) is 3.27. The third kappa shape index (κ3) is 2.34. The van der Waals surface area contributed by atoms with Gasteiger partial charge in [-0.3, -0.25) is 0 Å². The molecule has 0 amide bonds. The van der Waals surface area contributed by atoms with Gasteiger partial charge in [0.2, 0.25) is 5.82 Å². The van der Waals surface area contributed by atoms with Crippen molar-refractivity contribution in [3.8, 4) is 5.75 Å². The number of anilines is 1. The number of carbonyl (C=O) groups excluding carboxylic acids is 1. The standard InChI is InChI=1S/C13H15F2NO3/c1-18-12-9(6-5-8(14)11(12)15)16-7-3-4-10(16)13(17)19-2/h5-6,10H,3-4,7H2,1-2H3. The van der Waals surface area contributed by atoms with Gasteiger partial charge in [0.15, 0.2) is 11.6 Å². The summed E-state index contributed by atoms with van der Waals surface area (Å²) >= 11 is 0. The maximum atomic E-state index is 13.7. The first kappa shape index (κ1) is 13.6. The van der Waals surface area contributed by atoms with Crippen molar-refractivity contribution in [3.05, 3.63) is 23.8 Å². The summed E-state index contributed by atoms with van der Waals surface area (Å²) in [6.45, 7) is 0.571. The van der Waals surface area contributed by atoms with Crippen LogP contribution in [-0.4, -0.2) is 32.8 Å². The molecular formula is C13H15F2NO3. The van der Waals surface area contributed by atoms with E-state index in [1.165, 1.54) is 20.3 Å². The molecule has 1 fully saturated rings. The van der Waals surface area contributed by atoms with Gasteiger partial charge in [0.1, 0.15) is 6.04 Å². The second-order valence-electron chi connectivity index (χ2n) is 4.29. The third-order valence-corrected chi connectivity index (χ3v) is 3.27. The molecule has 0 bridgehead atoms. The summed E-state index contributed by atoms with van der Waals surface area (Å²) in [4.78, 5) is 13.4. The minimum absolute atomic E-state index is 0.184. The van der Waals surface area contributed by atoms with Gasteiger partial charge in [-0.05, 0) is 25.0 Å². The molecule has 0 N–H and O–H groups in total. The molecule has 0 radical (unpaired) electrons. The zero-order valence-corrected chi connectivity index (χ0v) is 10.8. The van der Waals surface area contributed by atoms with E-state index in [-0.39, 0.29) is 11.7 Å². The first-order valence-electron chi connectivity index (χ1n) is 5.96. The first-order valence-corrected chi connectivity index (χ1v) is 5.96. The summed E-state index contributed by atoms with van der Waals surface area (Å²) in [5.41, 5.74) is 0.370. The molecule has 19 heavy (non-hydrogen) atoms. The van der Waals surface area contributed by atoms with E-state index in [4.69, 9.17) is 9.47 Å². The average Bonchev–Trinajstić information content (AvgIpc) is 2.89. The van der Waals surface area contributed by atoms with Crippen LogP contribution in [0.15, 0.2) is 12.1 Å². The van der Waals surface area contributed by atoms with Gasteiger partial charge in [-0.25, -0.2) is 9.18 Å². The quantitative estimate of drug-likeness (QED) is 0.789. The summed E-state index contributed by atoms with van der Waals surface area (Å²) in [6, 6.07) is 1.96. The number of esters is 1. The lowest BCUT2D eigenvalue weighted by Gasteiger charge is -2.26. The molecule has 1 aliphatic heterocycles. The Labute approximate surface area is 109 Å². The molecule has 1 aromatic rings. The van der Waals surface area contributed by atoms with Gasteiger partial charge < -0.3 is 14.4 Å². The fourth-order valence-corrected chi connectivity index (χ4v) is 2.38. The highest BCUT2D eigenvalue weighted by Crippen LogP contribution is 2.36. The van der Waals surface area contributed by atoms with Gasteiger partial charge in [0.25, 0.3) is 0 Å². The average molecular weight is 271 g/mol. The molecule has 0 spiro atoms. The van der Waals surface area contributed by atoms with Gasteiger partial charge in [-0.15, -0.1) is 0 Å². The largest absolute Gasteiger partial charge is 0.491 e. The van der Waals surface area contributed by atoms with Crippen molar-refractivity contribution in [2.24, 2.45) is 0 Å². The summed E-state index contributed by atoms with van der Waals surface area (Å²) < 4.78 is 36.5. The van der Waals surface area contributed by atoms with E-state index in [0.29, 0.717) is 18.7 Å². The molecule has 0 saturated carbocycles. The number of halogens is 2. The Bertz CT molecular complexity index is 493. The maximum absolute atomic E-state index is 13.7. The Morgan fingerprint density at radius 2 is 2.11 bits per heavy atom. The molecule has 1 saturated heterocycles. The molecule has 4 nitrogen and oxygen atoms in total. The van der Waals surface area contributed by atoms with Crippen LogP contribution < -0.4 is 9.64 Å². The van der Waals surface area contributed by atoms with E-state index < -0.39 is 17.7 Å². The fraction of sp³-hybridized carbons (Fsp3) is 0.462. The monoisotopic (exact) mass is 271 g/mol. The van der Waals surface area contributed by atoms with Crippen LogP contribution in [0.5, 0.6) is 5.75 Å². The molecule has 1 aliphatic rings. The number of methoxy groups -OCH3 is 2. The zero-order valence-electron chi connectivity index (χ0n) is 10.8. The van der Waals surface area contributed by atoms with Crippen molar-refractivity contribution >= 4 is 11.7 Å². The number of ether oxygens (including phenoxy) is 2. The molecule has 104 valence electrons.